The zero-order chi connectivity index (χ0) is 34.7. The van der Waals surface area contributed by atoms with Gasteiger partial charge in [0.15, 0.2) is 11.5 Å². The SMILES string of the molecule is Cc1ccc(-c2nc(C(=O)N3CCN(c4cc5ccccc5cc4C(=O)O)CC3)cn2-c2ccc3c(c2)OCCO3)cc1.O=CC(F)(F)F. The molecule has 0 radical (unpaired) electrons. The van der Waals surface area contributed by atoms with Crippen LogP contribution in [0.5, 0.6) is 11.5 Å². The Morgan fingerprint density at radius 1 is 0.857 bits per heavy atom. The lowest BCUT2D eigenvalue weighted by atomic mass is 10.0. The van der Waals surface area contributed by atoms with Gasteiger partial charge in [-0.05, 0) is 42.0 Å². The summed E-state index contributed by atoms with van der Waals surface area (Å²) in [5.74, 6) is 0.874. The number of benzene rings is 4. The van der Waals surface area contributed by atoms with Gasteiger partial charge < -0.3 is 24.4 Å². The van der Waals surface area contributed by atoms with Crippen molar-refractivity contribution >= 4 is 34.6 Å². The topological polar surface area (TPSA) is 114 Å². The maximum atomic E-state index is 13.8. The summed E-state index contributed by atoms with van der Waals surface area (Å²) in [5, 5.41) is 11.8. The van der Waals surface area contributed by atoms with Crippen molar-refractivity contribution in [2.24, 2.45) is 0 Å². The molecule has 2 aliphatic rings. The van der Waals surface area contributed by atoms with Crippen LogP contribution in [0.1, 0.15) is 26.4 Å². The van der Waals surface area contributed by atoms with Gasteiger partial charge in [0.2, 0.25) is 6.29 Å². The molecule has 1 amide bonds. The normalized spacial score (nSPS) is 14.2. The predicted octanol–water partition coefficient (Wildman–Crippen LogP) is 6.18. The molecule has 0 bridgehead atoms. The van der Waals surface area contributed by atoms with Gasteiger partial charge in [-0.15, -0.1) is 0 Å². The van der Waals surface area contributed by atoms with Crippen molar-refractivity contribution in [3.8, 4) is 28.6 Å². The molecule has 5 aromatic rings. The maximum absolute atomic E-state index is 13.8. The molecule has 7 rings (SSSR count). The van der Waals surface area contributed by atoms with Crippen LogP contribution in [0.15, 0.2) is 85.1 Å². The predicted molar refractivity (Wildman–Crippen MR) is 176 cm³/mol. The number of carboxylic acid groups (broad SMARTS) is 1. The number of aromatic carboxylic acids is 1. The smallest absolute Gasteiger partial charge is 0.446 e. The van der Waals surface area contributed by atoms with E-state index in [1.165, 1.54) is 0 Å². The zero-order valence-corrected chi connectivity index (χ0v) is 26.3. The number of nitrogens with zero attached hydrogens (tertiary/aromatic N) is 4. The summed E-state index contributed by atoms with van der Waals surface area (Å²) in [6, 6.07) is 25.2. The molecular weight excluding hydrogens is 641 g/mol. The van der Waals surface area contributed by atoms with E-state index in [9.17, 15) is 27.9 Å². The lowest BCUT2D eigenvalue weighted by Crippen LogP contribution is -2.49. The van der Waals surface area contributed by atoms with Crippen LogP contribution in [0, 0.1) is 6.92 Å². The second-order valence-corrected chi connectivity index (χ2v) is 11.5. The first kappa shape index (κ1) is 33.1. The lowest BCUT2D eigenvalue weighted by Gasteiger charge is -2.36. The Balaban J connectivity index is 0.000000639. The van der Waals surface area contributed by atoms with Crippen LogP contribution in [0.2, 0.25) is 0 Å². The molecule has 3 heterocycles. The number of piperazine rings is 1. The molecule has 1 N–H and O–H groups in total. The number of carbonyl (C=O) groups is 3. The van der Waals surface area contributed by atoms with E-state index in [2.05, 4.69) is 0 Å². The molecule has 10 nitrogen and oxygen atoms in total. The van der Waals surface area contributed by atoms with Gasteiger partial charge in [0.05, 0.1) is 16.9 Å². The van der Waals surface area contributed by atoms with Crippen molar-refractivity contribution in [1.29, 1.82) is 0 Å². The van der Waals surface area contributed by atoms with Gasteiger partial charge in [-0.3, -0.25) is 14.2 Å². The minimum absolute atomic E-state index is 0.165. The van der Waals surface area contributed by atoms with Crippen LogP contribution in [0.25, 0.3) is 27.8 Å². The molecule has 4 aromatic carbocycles. The molecular formula is C36H31F3N4O6. The van der Waals surface area contributed by atoms with Crippen LogP contribution in [0.4, 0.5) is 18.9 Å². The number of anilines is 1. The molecule has 1 aromatic heterocycles. The van der Waals surface area contributed by atoms with Gasteiger partial charge >= 0.3 is 12.1 Å². The number of aromatic nitrogens is 2. The van der Waals surface area contributed by atoms with Gasteiger partial charge in [-0.25, -0.2) is 9.78 Å². The summed E-state index contributed by atoms with van der Waals surface area (Å²) in [4.78, 5) is 43.3. The molecule has 1 saturated heterocycles. The highest BCUT2D eigenvalue weighted by atomic mass is 19.4. The molecule has 1 fully saturated rings. The number of rotatable bonds is 5. The number of ether oxygens (including phenoxy) is 2. The van der Waals surface area contributed by atoms with Crippen LogP contribution in [-0.4, -0.2) is 83.3 Å². The van der Waals surface area contributed by atoms with E-state index in [-0.39, 0.29) is 11.5 Å². The summed E-state index contributed by atoms with van der Waals surface area (Å²) in [5.41, 5.74) is 4.11. The molecule has 0 spiro atoms. The average Bonchev–Trinajstić information content (AvgIpc) is 3.56. The largest absolute Gasteiger partial charge is 0.486 e. The van der Waals surface area contributed by atoms with Crippen LogP contribution in [-0.2, 0) is 4.79 Å². The highest BCUT2D eigenvalue weighted by Crippen LogP contribution is 2.34. The average molecular weight is 673 g/mol. The first-order chi connectivity index (χ1) is 23.5. The van der Waals surface area contributed by atoms with Crippen molar-refractivity contribution < 1.29 is 42.1 Å². The summed E-state index contributed by atoms with van der Waals surface area (Å²) in [6.07, 6.45) is -3.92. The fourth-order valence-corrected chi connectivity index (χ4v) is 5.74. The summed E-state index contributed by atoms with van der Waals surface area (Å²) in [7, 11) is 0. The molecule has 252 valence electrons. The Bertz CT molecular complexity index is 2020. The van der Waals surface area contributed by atoms with Gasteiger partial charge in [-0.1, -0.05) is 54.1 Å². The number of amides is 1. The molecule has 0 aliphatic carbocycles. The van der Waals surface area contributed by atoms with Crippen LogP contribution >= 0.6 is 0 Å². The maximum Gasteiger partial charge on any atom is 0.446 e. The number of imidazole rings is 1. The number of halogens is 3. The van der Waals surface area contributed by atoms with E-state index in [4.69, 9.17) is 19.3 Å². The van der Waals surface area contributed by atoms with E-state index in [1.807, 2.05) is 89.2 Å². The molecule has 13 heteroatoms. The highest BCUT2D eigenvalue weighted by Gasteiger charge is 2.28. The molecule has 0 atom stereocenters. The minimum atomic E-state index is -4.64. The number of hydrogen-bond acceptors (Lipinski definition) is 7. The molecule has 0 unspecified atom stereocenters. The monoisotopic (exact) mass is 672 g/mol. The Morgan fingerprint density at radius 3 is 2.12 bits per heavy atom. The highest BCUT2D eigenvalue weighted by molar-refractivity contribution is 6.01. The Hall–Kier alpha value is -5.85. The molecule has 49 heavy (non-hydrogen) atoms. The van der Waals surface area contributed by atoms with Gasteiger partial charge in [0.25, 0.3) is 5.91 Å². The summed E-state index contributed by atoms with van der Waals surface area (Å²) >= 11 is 0. The quantitative estimate of drug-likeness (QED) is 0.220. The zero-order valence-electron chi connectivity index (χ0n) is 26.3. The number of carboxylic acids is 1. The van der Waals surface area contributed by atoms with Crippen molar-refractivity contribution in [2.45, 2.75) is 13.1 Å². The fraction of sp³-hybridized carbons (Fsp3) is 0.222. The Morgan fingerprint density at radius 2 is 1.49 bits per heavy atom. The number of aldehydes is 1. The van der Waals surface area contributed by atoms with Crippen LogP contribution in [0.3, 0.4) is 0 Å². The Kier molecular flexibility index (Phi) is 9.25. The van der Waals surface area contributed by atoms with Gasteiger partial charge in [0, 0.05) is 44.0 Å². The van der Waals surface area contributed by atoms with E-state index in [0.717, 1.165) is 27.6 Å². The van der Waals surface area contributed by atoms with Crippen LogP contribution < -0.4 is 14.4 Å². The first-order valence-corrected chi connectivity index (χ1v) is 15.4. The number of carbonyl (C=O) groups excluding carboxylic acids is 2. The van der Waals surface area contributed by atoms with Crippen molar-refractivity contribution in [3.63, 3.8) is 0 Å². The lowest BCUT2D eigenvalue weighted by molar-refractivity contribution is -0.156. The summed E-state index contributed by atoms with van der Waals surface area (Å²) in [6.45, 7) is 4.94. The second-order valence-electron chi connectivity index (χ2n) is 11.5. The third kappa shape index (κ3) is 7.35. The third-order valence-electron chi connectivity index (χ3n) is 8.17. The number of aryl methyl sites for hydroxylation is 1. The van der Waals surface area contributed by atoms with Crippen molar-refractivity contribution in [2.75, 3.05) is 44.3 Å². The van der Waals surface area contributed by atoms with E-state index >= 15 is 0 Å². The first-order valence-electron chi connectivity index (χ1n) is 15.4. The number of hydrogen-bond donors (Lipinski definition) is 1. The minimum Gasteiger partial charge on any atom is -0.486 e. The van der Waals surface area contributed by atoms with E-state index in [1.54, 1.807) is 17.2 Å². The second kappa shape index (κ2) is 13.7. The van der Waals surface area contributed by atoms with Gasteiger partial charge in [0.1, 0.15) is 24.7 Å². The molecule has 2 aliphatic heterocycles. The molecule has 0 saturated carbocycles. The van der Waals surface area contributed by atoms with E-state index in [0.29, 0.717) is 68.1 Å². The third-order valence-corrected chi connectivity index (χ3v) is 8.17. The fourth-order valence-electron chi connectivity index (χ4n) is 5.74. The summed E-state index contributed by atoms with van der Waals surface area (Å²) < 4.78 is 44.7. The van der Waals surface area contributed by atoms with Crippen molar-refractivity contribution in [3.05, 3.63) is 102 Å². The van der Waals surface area contributed by atoms with Gasteiger partial charge in [-0.2, -0.15) is 13.2 Å². The van der Waals surface area contributed by atoms with Crippen molar-refractivity contribution in [1.82, 2.24) is 14.5 Å². The standard InChI is InChI=1S/C34H30N4O5.C2HF3O/c1-22-6-8-23(9-7-22)32-35-28(21-38(32)26-10-11-30-31(20-26)43-17-16-42-30)33(39)37-14-12-36(13-15-37)29-19-25-5-3-2-4-24(25)18-27(29)34(40)41;3-2(4,5)1-6/h2-11,18-21H,12-17H2,1H3,(H,40,41);1H. The number of fused-ring (bicyclic) bond motifs is 2. The Labute approximate surface area is 278 Å². The number of alkyl halides is 3. The van der Waals surface area contributed by atoms with E-state index < -0.39 is 18.4 Å².